The first-order valence-electron chi connectivity index (χ1n) is 21.2. The van der Waals surface area contributed by atoms with E-state index in [0.717, 1.165) is 37.7 Å². The van der Waals surface area contributed by atoms with E-state index >= 15 is 0 Å². The molecule has 0 aliphatic carbocycles. The molecular formula is C47H66O10. The van der Waals surface area contributed by atoms with Gasteiger partial charge in [0.05, 0.1) is 48.8 Å². The van der Waals surface area contributed by atoms with Crippen molar-refractivity contribution in [3.8, 4) is 0 Å². The molecule has 57 heavy (non-hydrogen) atoms. The lowest BCUT2D eigenvalue weighted by molar-refractivity contribution is -0.162. The Hall–Kier alpha value is -3.38. The Labute approximate surface area is 339 Å². The van der Waals surface area contributed by atoms with Gasteiger partial charge in [0.25, 0.3) is 0 Å². The minimum atomic E-state index is -0.777. The normalized spacial score (nSPS) is 40.9. The second-order valence-electron chi connectivity index (χ2n) is 16.5. The number of aliphatic hydroxyl groups is 2. The first kappa shape index (κ1) is 44.7. The van der Waals surface area contributed by atoms with E-state index in [4.69, 9.17) is 28.8 Å². The summed E-state index contributed by atoms with van der Waals surface area (Å²) in [5.74, 6) is -0.909. The lowest BCUT2D eigenvalue weighted by Gasteiger charge is -2.39. The highest BCUT2D eigenvalue weighted by Crippen LogP contribution is 2.38. The fourth-order valence-corrected chi connectivity index (χ4v) is 8.35. The van der Waals surface area contributed by atoms with E-state index in [-0.39, 0.29) is 60.8 Å². The Morgan fingerprint density at radius 1 is 0.737 bits per heavy atom. The number of aliphatic carboxylic acids is 1. The molecule has 0 saturated carbocycles. The molecule has 6 aliphatic rings. The molecule has 0 aromatic heterocycles. The molecule has 14 atom stereocenters. The third kappa shape index (κ3) is 13.9. The number of carbonyl (C=O) groups excluding carboxylic acids is 1. The van der Waals surface area contributed by atoms with Crippen LogP contribution in [0.5, 0.6) is 0 Å². The third-order valence-electron chi connectivity index (χ3n) is 11.9. The van der Waals surface area contributed by atoms with Crippen molar-refractivity contribution in [2.75, 3.05) is 0 Å². The van der Waals surface area contributed by atoms with Gasteiger partial charge in [-0.1, -0.05) is 106 Å². The zero-order valence-corrected chi connectivity index (χ0v) is 34.2. The maximum absolute atomic E-state index is 13.0. The zero-order chi connectivity index (χ0) is 40.7. The average Bonchev–Trinajstić information content (AvgIpc) is 3.53. The van der Waals surface area contributed by atoms with E-state index < -0.39 is 42.5 Å². The zero-order valence-electron chi connectivity index (χ0n) is 34.2. The highest BCUT2D eigenvalue weighted by Gasteiger charge is 2.45. The van der Waals surface area contributed by atoms with E-state index in [1.54, 1.807) is 12.2 Å². The molecule has 0 aromatic rings. The van der Waals surface area contributed by atoms with Gasteiger partial charge in [0.2, 0.25) is 0 Å². The van der Waals surface area contributed by atoms with Crippen molar-refractivity contribution >= 4 is 11.9 Å². The van der Waals surface area contributed by atoms with Crippen molar-refractivity contribution in [3.63, 3.8) is 0 Å². The molecule has 6 rings (SSSR count). The Morgan fingerprint density at radius 2 is 1.49 bits per heavy atom. The molecule has 7 bridgehead atoms. The summed E-state index contributed by atoms with van der Waals surface area (Å²) in [6.07, 6.45) is 32.9. The van der Waals surface area contributed by atoms with Gasteiger partial charge in [-0.3, -0.25) is 4.79 Å². The fourth-order valence-electron chi connectivity index (χ4n) is 8.35. The maximum Gasteiger partial charge on any atom is 0.331 e. The summed E-state index contributed by atoms with van der Waals surface area (Å²) in [6, 6.07) is 0. The van der Waals surface area contributed by atoms with Gasteiger partial charge in [-0.25, -0.2) is 4.79 Å². The number of aliphatic hydroxyl groups excluding tert-OH is 2. The number of carbonyl (C=O) groups is 2. The molecular weight excluding hydrogens is 725 g/mol. The minimum Gasteiger partial charge on any atom is -0.481 e. The monoisotopic (exact) mass is 790 g/mol. The molecule has 6 aliphatic heterocycles. The van der Waals surface area contributed by atoms with Crippen molar-refractivity contribution < 1.29 is 48.6 Å². The van der Waals surface area contributed by atoms with Gasteiger partial charge in [0.1, 0.15) is 12.2 Å². The molecule has 3 fully saturated rings. The van der Waals surface area contributed by atoms with E-state index in [1.807, 2.05) is 50.3 Å². The summed E-state index contributed by atoms with van der Waals surface area (Å²) in [6.45, 7) is 8.27. The van der Waals surface area contributed by atoms with Crippen LogP contribution in [0.15, 0.2) is 96.7 Å². The van der Waals surface area contributed by atoms with Crippen LogP contribution in [-0.2, 0) is 33.3 Å². The van der Waals surface area contributed by atoms with E-state index in [0.29, 0.717) is 32.1 Å². The highest BCUT2D eigenvalue weighted by atomic mass is 16.6. The van der Waals surface area contributed by atoms with Crippen molar-refractivity contribution in [1.82, 2.24) is 0 Å². The van der Waals surface area contributed by atoms with Crippen LogP contribution in [0.2, 0.25) is 0 Å². The second kappa shape index (κ2) is 22.7. The lowest BCUT2D eigenvalue weighted by Crippen LogP contribution is -2.47. The Morgan fingerprint density at radius 3 is 2.28 bits per heavy atom. The average molecular weight is 791 g/mol. The number of unbranched alkanes of at least 4 members (excludes halogenated alkanes) is 1. The SMILES string of the molecule is C/C(=C\[C@H](C)CCCCC(=O)O)[C@@H]1O[C@@H]2C=C[C@H]1OC(=O)\C=C/C=C\C=C\[C@H]1O[C@@H]3C[C@H]1O[C@@H](/C=C/C[C@H]1O[C@H](C[C@H](O)[C@H]1C)[C@H](O)C/C=C/CC/C=C/C2)[C@@H]3C. The number of esters is 1. The number of hydrogen-bond donors (Lipinski definition) is 3. The standard InChI is InChI=1S/C47H66O10/c1-31(18-15-16-24-45(50)51)28-32(2)47-41-27-26-35(53-47)19-11-7-5-6-8-12-20-36(48)43-29-37(49)33(3)38(54-43)22-17-23-39-34(4)42-30-44(55-39)40(56-42)21-13-9-10-14-25-46(52)57-41/h7-14,17,21,23,25-28,31,33-44,47-49H,5-6,15-16,18-20,22,24,29-30H2,1-4H3,(H,50,51)/b10-9-,11-7+,12-8+,21-13+,23-17+,25-14-,32-28+/t31-,33-,34+,35+,36-,37+,38-,39+,40-,41-,42-,43-,44-,47+/m1/s1. The largest absolute Gasteiger partial charge is 0.481 e. The van der Waals surface area contributed by atoms with Crippen LogP contribution in [0, 0.1) is 17.8 Å². The highest BCUT2D eigenvalue weighted by molar-refractivity contribution is 5.82. The smallest absolute Gasteiger partial charge is 0.331 e. The van der Waals surface area contributed by atoms with Crippen LogP contribution < -0.4 is 0 Å². The number of fused-ring (bicyclic) bond motifs is 13. The van der Waals surface area contributed by atoms with Gasteiger partial charge in [0, 0.05) is 37.2 Å². The first-order chi connectivity index (χ1) is 27.5. The Kier molecular flexibility index (Phi) is 17.8. The molecule has 10 nitrogen and oxygen atoms in total. The number of ether oxygens (including phenoxy) is 5. The molecule has 0 amide bonds. The van der Waals surface area contributed by atoms with Gasteiger partial charge in [-0.05, 0) is 69.4 Å². The molecule has 6 heterocycles. The van der Waals surface area contributed by atoms with Gasteiger partial charge < -0.3 is 39.0 Å². The second-order valence-corrected chi connectivity index (χ2v) is 16.5. The van der Waals surface area contributed by atoms with Crippen LogP contribution in [0.1, 0.15) is 98.3 Å². The van der Waals surface area contributed by atoms with E-state index in [9.17, 15) is 19.8 Å². The molecule has 0 spiro atoms. The topological polar surface area (TPSA) is 141 Å². The number of allylic oxidation sites excluding steroid dienone is 7. The van der Waals surface area contributed by atoms with Gasteiger partial charge in [0.15, 0.2) is 6.10 Å². The van der Waals surface area contributed by atoms with Crippen molar-refractivity contribution in [2.24, 2.45) is 17.8 Å². The van der Waals surface area contributed by atoms with Crippen LogP contribution in [0.25, 0.3) is 0 Å². The lowest BCUT2D eigenvalue weighted by atomic mass is 9.86. The minimum absolute atomic E-state index is 0.0508. The predicted octanol–water partition coefficient (Wildman–Crippen LogP) is 7.83. The predicted molar refractivity (Wildman–Crippen MR) is 220 cm³/mol. The van der Waals surface area contributed by atoms with Crippen LogP contribution >= 0.6 is 0 Å². The van der Waals surface area contributed by atoms with E-state index in [2.05, 4.69) is 50.3 Å². The van der Waals surface area contributed by atoms with Crippen molar-refractivity contribution in [2.45, 2.75) is 165 Å². The van der Waals surface area contributed by atoms with Crippen LogP contribution in [0.4, 0.5) is 0 Å². The molecule has 0 unspecified atom stereocenters. The summed E-state index contributed by atoms with van der Waals surface area (Å²) in [4.78, 5) is 23.9. The molecule has 314 valence electrons. The fraction of sp³-hybridized carbons (Fsp3) is 0.617. The molecule has 3 saturated heterocycles. The molecule has 0 radical (unpaired) electrons. The maximum atomic E-state index is 13.0. The van der Waals surface area contributed by atoms with Crippen molar-refractivity contribution in [1.29, 1.82) is 0 Å². The number of carboxylic acid groups (broad SMARTS) is 1. The number of carboxylic acids is 1. The Bertz CT molecular complexity index is 1540. The summed E-state index contributed by atoms with van der Waals surface area (Å²) in [7, 11) is 0. The molecule has 3 N–H and O–H groups in total. The number of hydrogen-bond acceptors (Lipinski definition) is 9. The van der Waals surface area contributed by atoms with Crippen molar-refractivity contribution in [3.05, 3.63) is 96.7 Å². The summed E-state index contributed by atoms with van der Waals surface area (Å²) >= 11 is 0. The van der Waals surface area contributed by atoms with Crippen LogP contribution in [0.3, 0.4) is 0 Å². The van der Waals surface area contributed by atoms with Gasteiger partial charge >= 0.3 is 11.9 Å². The Balaban J connectivity index is 1.27. The first-order valence-corrected chi connectivity index (χ1v) is 21.2. The summed E-state index contributed by atoms with van der Waals surface area (Å²) < 4.78 is 31.7. The summed E-state index contributed by atoms with van der Waals surface area (Å²) in [5.41, 5.74) is 0.970. The van der Waals surface area contributed by atoms with E-state index in [1.165, 1.54) is 6.08 Å². The summed E-state index contributed by atoms with van der Waals surface area (Å²) in [5, 5.41) is 30.9. The molecule has 0 aromatic carbocycles. The third-order valence-corrected chi connectivity index (χ3v) is 11.9. The number of rotatable bonds is 7. The van der Waals surface area contributed by atoms with Gasteiger partial charge in [-0.15, -0.1) is 0 Å². The quantitative estimate of drug-likeness (QED) is 0.133. The molecule has 10 heteroatoms. The van der Waals surface area contributed by atoms with Crippen LogP contribution in [-0.4, -0.2) is 94.4 Å². The van der Waals surface area contributed by atoms with Gasteiger partial charge in [-0.2, -0.15) is 0 Å².